The monoisotopic (exact) mass is 672 g/mol. The van der Waals surface area contributed by atoms with Gasteiger partial charge in [-0.1, -0.05) is 41.5 Å². The molecule has 2 aliphatic heterocycles. The number of benzene rings is 1. The number of aromatic nitrogens is 2. The molecule has 1 aromatic carbocycles. The van der Waals surface area contributed by atoms with Crippen LogP contribution in [0.4, 0.5) is 11.5 Å². The minimum atomic E-state index is -0.0959. The van der Waals surface area contributed by atoms with Gasteiger partial charge in [0.15, 0.2) is 17.5 Å². The number of carbonyl (C=O) groups excluding carboxylic acids is 1. The van der Waals surface area contributed by atoms with Gasteiger partial charge in [0.1, 0.15) is 0 Å². The molecule has 0 saturated carbocycles. The van der Waals surface area contributed by atoms with Gasteiger partial charge in [-0.25, -0.2) is 4.99 Å². The van der Waals surface area contributed by atoms with Crippen molar-refractivity contribution in [3.05, 3.63) is 47.6 Å². The number of hydrogen-bond acceptors (Lipinski definition) is 10. The van der Waals surface area contributed by atoms with Crippen LogP contribution in [0, 0.1) is 6.92 Å². The molecule has 0 atom stereocenters. The van der Waals surface area contributed by atoms with E-state index in [0.29, 0.717) is 29.1 Å². The van der Waals surface area contributed by atoms with Crippen molar-refractivity contribution in [2.75, 3.05) is 89.1 Å². The van der Waals surface area contributed by atoms with Crippen molar-refractivity contribution < 1.29 is 9.53 Å². The standard InChI is InChI=1S/C28H42N10O2S.3C2H6/c1-21-19-25(35-34-21)33-27(31-20-41-24-7-5-23(6-8-24)32-22(2)39)26(40-4)28(29-3)38-17-15-37(16-18-38)14-13-36-11-9-30-10-12-36;3*1-2/h5-8,19,30H,3,9-18,20H2,1-2,4H3,(H,32,39)(H2,31,33,34,35);3*1-2H3/b28-26-;;;. The van der Waals surface area contributed by atoms with Crippen molar-refractivity contribution >= 4 is 41.7 Å². The molecule has 264 valence electrons. The van der Waals surface area contributed by atoms with Crippen LogP contribution in [0.2, 0.25) is 0 Å². The Labute approximate surface area is 287 Å². The van der Waals surface area contributed by atoms with E-state index in [9.17, 15) is 4.79 Å². The maximum atomic E-state index is 11.3. The molecule has 0 radical (unpaired) electrons. The largest absolute Gasteiger partial charge is 0.490 e. The van der Waals surface area contributed by atoms with Gasteiger partial charge < -0.3 is 25.6 Å². The Balaban J connectivity index is 0.00000174. The summed E-state index contributed by atoms with van der Waals surface area (Å²) in [7, 11) is 1.63. The Morgan fingerprint density at radius 1 is 0.957 bits per heavy atom. The number of rotatable bonds is 12. The Bertz CT molecular complexity index is 1200. The molecule has 2 fully saturated rings. The van der Waals surface area contributed by atoms with Crippen LogP contribution < -0.4 is 16.0 Å². The number of amides is 1. The van der Waals surface area contributed by atoms with Gasteiger partial charge in [0.2, 0.25) is 11.7 Å². The lowest BCUT2D eigenvalue weighted by Gasteiger charge is -2.37. The summed E-state index contributed by atoms with van der Waals surface area (Å²) in [5.74, 6) is 2.70. The number of methoxy groups -OCH3 is 1. The SMILES string of the molecule is C=N/C(=C(OC)\C(=N/CSc1ccc(NC(C)=O)cc1)Nc1cc(C)[nH]n1)N1CCN(CCN2CCNCC2)CC1.CC.CC.CC. The topological polar surface area (TPSA) is 126 Å². The van der Waals surface area contributed by atoms with Crippen LogP contribution in [0.3, 0.4) is 0 Å². The highest BCUT2D eigenvalue weighted by Gasteiger charge is 2.25. The third kappa shape index (κ3) is 14.9. The van der Waals surface area contributed by atoms with E-state index < -0.39 is 0 Å². The second-order valence-electron chi connectivity index (χ2n) is 9.98. The van der Waals surface area contributed by atoms with Gasteiger partial charge in [0.05, 0.1) is 13.0 Å². The van der Waals surface area contributed by atoms with Gasteiger partial charge in [-0.15, -0.1) is 11.8 Å². The first kappa shape index (κ1) is 41.6. The number of H-pyrrole nitrogens is 1. The Kier molecular flexibility index (Phi) is 21.9. The summed E-state index contributed by atoms with van der Waals surface area (Å²) < 4.78 is 5.90. The molecule has 0 spiro atoms. The predicted molar refractivity (Wildman–Crippen MR) is 201 cm³/mol. The first-order valence-electron chi connectivity index (χ1n) is 16.9. The normalized spacial score (nSPS) is 15.8. The lowest BCUT2D eigenvalue weighted by molar-refractivity contribution is -0.114. The molecule has 0 aliphatic carbocycles. The fraction of sp³-hybridized carbons (Fsp3) is 0.588. The van der Waals surface area contributed by atoms with E-state index in [-0.39, 0.29) is 5.91 Å². The van der Waals surface area contributed by atoms with Crippen LogP contribution in [0.1, 0.15) is 54.2 Å². The predicted octanol–water partition coefficient (Wildman–Crippen LogP) is 5.35. The van der Waals surface area contributed by atoms with Crippen molar-refractivity contribution in [1.29, 1.82) is 0 Å². The van der Waals surface area contributed by atoms with Crippen LogP contribution in [-0.4, -0.2) is 122 Å². The van der Waals surface area contributed by atoms with Crippen molar-refractivity contribution in [3.63, 3.8) is 0 Å². The summed E-state index contributed by atoms with van der Waals surface area (Å²) in [5, 5.41) is 16.8. The number of ether oxygens (including phenoxy) is 1. The van der Waals surface area contributed by atoms with Crippen molar-refractivity contribution in [1.82, 2.24) is 30.2 Å². The number of aromatic amines is 1. The number of nitrogens with one attached hydrogen (secondary N) is 4. The average Bonchev–Trinajstić information content (AvgIpc) is 3.54. The van der Waals surface area contributed by atoms with E-state index in [1.807, 2.05) is 78.8 Å². The zero-order valence-electron chi connectivity index (χ0n) is 30.3. The summed E-state index contributed by atoms with van der Waals surface area (Å²) in [5.41, 5.74) is 1.69. The molecule has 4 rings (SSSR count). The van der Waals surface area contributed by atoms with Crippen LogP contribution in [0.25, 0.3) is 0 Å². The summed E-state index contributed by atoms with van der Waals surface area (Å²) in [6.45, 7) is 29.4. The molecule has 1 amide bonds. The minimum absolute atomic E-state index is 0.0959. The highest BCUT2D eigenvalue weighted by molar-refractivity contribution is 7.99. The molecular formula is C34H60N10O2S. The summed E-state index contributed by atoms with van der Waals surface area (Å²) in [6, 6.07) is 9.59. The first-order chi connectivity index (χ1) is 22.9. The minimum Gasteiger partial charge on any atom is -0.490 e. The number of amidine groups is 1. The van der Waals surface area contributed by atoms with Gasteiger partial charge in [0.25, 0.3) is 0 Å². The molecular weight excluding hydrogens is 613 g/mol. The lowest BCUT2D eigenvalue weighted by atomic mass is 10.2. The van der Waals surface area contributed by atoms with E-state index in [0.717, 1.165) is 81.7 Å². The number of anilines is 2. The molecule has 2 aliphatic rings. The quantitative estimate of drug-likeness (QED) is 0.102. The molecule has 3 heterocycles. The number of thioether (sulfide) groups is 1. The highest BCUT2D eigenvalue weighted by atomic mass is 32.2. The average molecular weight is 673 g/mol. The van der Waals surface area contributed by atoms with E-state index in [4.69, 9.17) is 9.73 Å². The lowest BCUT2D eigenvalue weighted by Crippen LogP contribution is -2.50. The number of aryl methyl sites for hydroxylation is 1. The zero-order chi connectivity index (χ0) is 35.0. The Morgan fingerprint density at radius 2 is 1.55 bits per heavy atom. The third-order valence-electron chi connectivity index (χ3n) is 6.97. The van der Waals surface area contributed by atoms with Crippen LogP contribution in [0.15, 0.2) is 56.8 Å². The zero-order valence-corrected chi connectivity index (χ0v) is 31.1. The maximum Gasteiger partial charge on any atom is 0.221 e. The van der Waals surface area contributed by atoms with Gasteiger partial charge in [-0.3, -0.25) is 24.7 Å². The van der Waals surface area contributed by atoms with Crippen molar-refractivity contribution in [3.8, 4) is 0 Å². The number of nitrogens with zero attached hydrogens (tertiary/aromatic N) is 6. The first-order valence-corrected chi connectivity index (χ1v) is 17.9. The molecule has 1 aromatic heterocycles. The molecule has 47 heavy (non-hydrogen) atoms. The second-order valence-corrected chi connectivity index (χ2v) is 11.0. The smallest absolute Gasteiger partial charge is 0.221 e. The number of carbonyl (C=O) groups is 1. The molecule has 13 heteroatoms. The molecule has 2 aromatic rings. The fourth-order valence-electron chi connectivity index (χ4n) is 4.79. The number of aliphatic imine (C=N–C) groups is 2. The summed E-state index contributed by atoms with van der Waals surface area (Å²) in [4.78, 5) is 28.8. The van der Waals surface area contributed by atoms with Crippen LogP contribution in [-0.2, 0) is 9.53 Å². The van der Waals surface area contributed by atoms with Crippen LogP contribution >= 0.6 is 11.8 Å². The fourth-order valence-corrected chi connectivity index (χ4v) is 5.46. The Hall–Kier alpha value is -3.39. The maximum absolute atomic E-state index is 11.3. The van der Waals surface area contributed by atoms with Gasteiger partial charge in [0, 0.05) is 94.7 Å². The molecule has 2 saturated heterocycles. The van der Waals surface area contributed by atoms with Crippen molar-refractivity contribution in [2.45, 2.75) is 60.3 Å². The van der Waals surface area contributed by atoms with E-state index in [2.05, 4.69) is 52.6 Å². The molecule has 0 unspecified atom stereocenters. The number of hydrogen-bond donors (Lipinski definition) is 4. The third-order valence-corrected chi connectivity index (χ3v) is 7.83. The summed E-state index contributed by atoms with van der Waals surface area (Å²) in [6.07, 6.45) is 0. The van der Waals surface area contributed by atoms with Crippen LogP contribution in [0.5, 0.6) is 0 Å². The Morgan fingerprint density at radius 3 is 2.06 bits per heavy atom. The van der Waals surface area contributed by atoms with E-state index in [1.165, 1.54) is 6.92 Å². The molecule has 0 bridgehead atoms. The summed E-state index contributed by atoms with van der Waals surface area (Å²) >= 11 is 1.57. The molecule has 12 nitrogen and oxygen atoms in total. The van der Waals surface area contributed by atoms with E-state index in [1.54, 1.807) is 18.9 Å². The van der Waals surface area contributed by atoms with Gasteiger partial charge >= 0.3 is 0 Å². The molecule has 4 N–H and O–H groups in total. The highest BCUT2D eigenvalue weighted by Crippen LogP contribution is 2.23. The van der Waals surface area contributed by atoms with Gasteiger partial charge in [-0.2, -0.15) is 5.10 Å². The van der Waals surface area contributed by atoms with E-state index >= 15 is 0 Å². The second kappa shape index (κ2) is 24.7. The van der Waals surface area contributed by atoms with Gasteiger partial charge in [-0.05, 0) is 37.9 Å². The number of piperazine rings is 2. The van der Waals surface area contributed by atoms with Crippen molar-refractivity contribution in [2.24, 2.45) is 9.98 Å².